The van der Waals surface area contributed by atoms with Crippen LogP contribution in [0.25, 0.3) is 15.9 Å². The van der Waals surface area contributed by atoms with Gasteiger partial charge >= 0.3 is 0 Å². The first-order chi connectivity index (χ1) is 9.54. The van der Waals surface area contributed by atoms with Crippen molar-refractivity contribution in [3.63, 3.8) is 0 Å². The number of aryl methyl sites for hydroxylation is 1. The Kier molecular flexibility index (Phi) is 2.42. The van der Waals surface area contributed by atoms with Crippen LogP contribution in [-0.2, 0) is 12.8 Å². The van der Waals surface area contributed by atoms with Gasteiger partial charge in [-0.3, -0.25) is 0 Å². The molecule has 1 atom stereocenters. The first kappa shape index (κ1) is 12.2. The van der Waals surface area contributed by atoms with Gasteiger partial charge in [0.05, 0.1) is 5.39 Å². The van der Waals surface area contributed by atoms with Gasteiger partial charge in [-0.2, -0.15) is 4.52 Å². The molecule has 20 heavy (non-hydrogen) atoms. The van der Waals surface area contributed by atoms with Crippen LogP contribution in [0.2, 0.25) is 0 Å². The van der Waals surface area contributed by atoms with E-state index >= 15 is 0 Å². The lowest BCUT2D eigenvalue weighted by Gasteiger charge is -2.33. The van der Waals surface area contributed by atoms with Crippen LogP contribution in [0, 0.1) is 11.3 Å². The van der Waals surface area contributed by atoms with E-state index in [2.05, 4.69) is 41.3 Å². The van der Waals surface area contributed by atoms with Crippen LogP contribution in [0.4, 0.5) is 0 Å². The molecule has 0 saturated heterocycles. The van der Waals surface area contributed by atoms with Gasteiger partial charge in [0.25, 0.3) is 0 Å². The third-order valence-electron chi connectivity index (χ3n) is 4.47. The Morgan fingerprint density at radius 2 is 2.20 bits per heavy atom. The third-order valence-corrected chi connectivity index (χ3v) is 5.63. The number of fused-ring (bicyclic) bond motifs is 5. The van der Waals surface area contributed by atoms with Crippen LogP contribution in [0.3, 0.4) is 0 Å². The van der Waals surface area contributed by atoms with Crippen LogP contribution in [-0.4, -0.2) is 25.0 Å². The summed E-state index contributed by atoms with van der Waals surface area (Å²) in [6, 6.07) is 0. The molecule has 104 valence electrons. The van der Waals surface area contributed by atoms with Crippen molar-refractivity contribution in [2.24, 2.45) is 11.3 Å². The maximum atomic E-state index is 4.51. The Morgan fingerprint density at radius 3 is 3.00 bits per heavy atom. The summed E-state index contributed by atoms with van der Waals surface area (Å²) in [7, 11) is 0. The fourth-order valence-electron chi connectivity index (χ4n) is 3.18. The number of aromatic nitrogens is 5. The number of hydrogen-bond donors (Lipinski definition) is 0. The molecule has 0 fully saturated rings. The molecule has 1 aliphatic rings. The fraction of sp³-hybridized carbons (Fsp3) is 0.571. The topological polar surface area (TPSA) is 56.0 Å². The Morgan fingerprint density at radius 1 is 1.35 bits per heavy atom. The summed E-state index contributed by atoms with van der Waals surface area (Å²) in [5, 5.41) is 13.0. The summed E-state index contributed by atoms with van der Waals surface area (Å²) in [5.74, 6) is 0.745. The lowest BCUT2D eigenvalue weighted by atomic mass is 9.72. The highest BCUT2D eigenvalue weighted by Gasteiger charge is 2.31. The van der Waals surface area contributed by atoms with Crippen molar-refractivity contribution in [1.29, 1.82) is 0 Å². The van der Waals surface area contributed by atoms with E-state index in [0.29, 0.717) is 5.41 Å². The summed E-state index contributed by atoms with van der Waals surface area (Å²) in [5.41, 5.74) is 2.65. The van der Waals surface area contributed by atoms with Crippen LogP contribution >= 0.6 is 11.3 Å². The minimum absolute atomic E-state index is 0.368. The SMILES string of the molecule is CC(C)(C)C1CCc2c(sc3ncn4nnnc4c23)C1. The van der Waals surface area contributed by atoms with Gasteiger partial charge in [-0.25, -0.2) is 4.98 Å². The molecule has 6 heteroatoms. The molecule has 1 aliphatic carbocycles. The molecule has 0 bridgehead atoms. The number of thiophene rings is 1. The van der Waals surface area contributed by atoms with Gasteiger partial charge in [0.2, 0.25) is 0 Å². The van der Waals surface area contributed by atoms with Gasteiger partial charge in [-0.15, -0.1) is 16.4 Å². The van der Waals surface area contributed by atoms with Crippen molar-refractivity contribution >= 4 is 27.2 Å². The first-order valence-corrected chi connectivity index (χ1v) is 7.82. The lowest BCUT2D eigenvalue weighted by molar-refractivity contribution is 0.218. The quantitative estimate of drug-likeness (QED) is 0.638. The normalized spacial score (nSPS) is 19.6. The van der Waals surface area contributed by atoms with Crippen LogP contribution in [0.1, 0.15) is 37.6 Å². The van der Waals surface area contributed by atoms with E-state index in [4.69, 9.17) is 0 Å². The first-order valence-electron chi connectivity index (χ1n) is 7.01. The Bertz CT molecular complexity index is 795. The summed E-state index contributed by atoms with van der Waals surface area (Å²) < 4.78 is 1.67. The maximum Gasteiger partial charge on any atom is 0.191 e. The van der Waals surface area contributed by atoms with Gasteiger partial charge in [-0.1, -0.05) is 20.8 Å². The number of nitrogens with zero attached hydrogens (tertiary/aromatic N) is 5. The standard InChI is InChI=1S/C14H17N5S/c1-14(2,3)8-4-5-9-10(6-8)20-13-11(9)12-16-17-18-19(12)7-15-13/h7-8H,4-6H2,1-3H3. The number of tetrazole rings is 1. The van der Waals surface area contributed by atoms with E-state index in [1.165, 1.54) is 22.2 Å². The molecule has 0 N–H and O–H groups in total. The second-order valence-electron chi connectivity index (χ2n) is 6.68. The Balaban J connectivity index is 1.91. The summed E-state index contributed by atoms with van der Waals surface area (Å²) in [6.45, 7) is 7.03. The largest absolute Gasteiger partial charge is 0.225 e. The van der Waals surface area contributed by atoms with E-state index in [0.717, 1.165) is 29.2 Å². The predicted octanol–water partition coefficient (Wildman–Crippen LogP) is 2.89. The minimum Gasteiger partial charge on any atom is -0.225 e. The molecule has 0 spiro atoms. The summed E-state index contributed by atoms with van der Waals surface area (Å²) >= 11 is 1.82. The van der Waals surface area contributed by atoms with E-state index < -0.39 is 0 Å². The molecule has 0 amide bonds. The molecule has 3 heterocycles. The van der Waals surface area contributed by atoms with E-state index in [-0.39, 0.29) is 0 Å². The monoisotopic (exact) mass is 287 g/mol. The molecule has 3 aromatic rings. The molecule has 1 unspecified atom stereocenters. The van der Waals surface area contributed by atoms with Gasteiger partial charge in [0, 0.05) is 4.88 Å². The van der Waals surface area contributed by atoms with Crippen molar-refractivity contribution in [2.75, 3.05) is 0 Å². The minimum atomic E-state index is 0.368. The van der Waals surface area contributed by atoms with Gasteiger partial charge in [0.1, 0.15) is 11.2 Å². The average molecular weight is 287 g/mol. The highest BCUT2D eigenvalue weighted by Crippen LogP contribution is 2.43. The van der Waals surface area contributed by atoms with Gasteiger partial charge in [0.15, 0.2) is 5.65 Å². The molecule has 4 rings (SSSR count). The predicted molar refractivity (Wildman–Crippen MR) is 78.9 cm³/mol. The van der Waals surface area contributed by atoms with Gasteiger partial charge in [-0.05, 0) is 46.6 Å². The summed E-state index contributed by atoms with van der Waals surface area (Å²) in [4.78, 5) is 7.07. The lowest BCUT2D eigenvalue weighted by Crippen LogP contribution is -2.26. The van der Waals surface area contributed by atoms with Gasteiger partial charge < -0.3 is 0 Å². The van der Waals surface area contributed by atoms with E-state index in [9.17, 15) is 0 Å². The number of hydrogen-bond acceptors (Lipinski definition) is 5. The molecule has 0 radical (unpaired) electrons. The van der Waals surface area contributed by atoms with E-state index in [1.54, 1.807) is 10.8 Å². The molecule has 3 aromatic heterocycles. The van der Waals surface area contributed by atoms with Crippen LogP contribution in [0.15, 0.2) is 6.33 Å². The van der Waals surface area contributed by atoms with Crippen molar-refractivity contribution in [3.8, 4) is 0 Å². The molecule has 0 aliphatic heterocycles. The zero-order chi connectivity index (χ0) is 13.9. The molecule has 0 saturated carbocycles. The third kappa shape index (κ3) is 1.67. The Labute approximate surface area is 121 Å². The molecule has 5 nitrogen and oxygen atoms in total. The van der Waals surface area contributed by atoms with Crippen molar-refractivity contribution in [1.82, 2.24) is 25.0 Å². The smallest absolute Gasteiger partial charge is 0.191 e. The molecular formula is C14H17N5S. The maximum absolute atomic E-state index is 4.51. The second-order valence-corrected chi connectivity index (χ2v) is 7.76. The highest BCUT2D eigenvalue weighted by molar-refractivity contribution is 7.19. The van der Waals surface area contributed by atoms with Crippen molar-refractivity contribution < 1.29 is 0 Å². The van der Waals surface area contributed by atoms with Crippen molar-refractivity contribution in [3.05, 3.63) is 16.8 Å². The van der Waals surface area contributed by atoms with Crippen LogP contribution in [0.5, 0.6) is 0 Å². The van der Waals surface area contributed by atoms with Crippen LogP contribution < -0.4 is 0 Å². The second kappa shape index (κ2) is 3.97. The Hall–Kier alpha value is -1.56. The highest BCUT2D eigenvalue weighted by atomic mass is 32.1. The summed E-state index contributed by atoms with van der Waals surface area (Å²) in [6.07, 6.45) is 5.23. The molecular weight excluding hydrogens is 270 g/mol. The zero-order valence-electron chi connectivity index (χ0n) is 11.9. The van der Waals surface area contributed by atoms with E-state index in [1.807, 2.05) is 11.3 Å². The zero-order valence-corrected chi connectivity index (χ0v) is 12.7. The van der Waals surface area contributed by atoms with Crippen molar-refractivity contribution in [2.45, 2.75) is 40.0 Å². The number of rotatable bonds is 0. The average Bonchev–Trinajstić information content (AvgIpc) is 2.99. The fourth-order valence-corrected chi connectivity index (χ4v) is 4.44. The molecule has 0 aromatic carbocycles.